The molecule has 26 heavy (non-hydrogen) atoms. The fourth-order valence-electron chi connectivity index (χ4n) is 3.70. The van der Waals surface area contributed by atoms with Gasteiger partial charge in [-0.05, 0) is 37.1 Å². The van der Waals surface area contributed by atoms with Crippen molar-refractivity contribution >= 4 is 21.8 Å². The molecule has 0 aliphatic carbocycles. The molecule has 0 saturated carbocycles. The summed E-state index contributed by atoms with van der Waals surface area (Å²) in [6.07, 6.45) is 5.51. The Hall–Kier alpha value is -2.72. The van der Waals surface area contributed by atoms with E-state index >= 15 is 0 Å². The molecule has 0 radical (unpaired) electrons. The maximum absolute atomic E-state index is 12.9. The molecule has 1 amide bonds. The van der Waals surface area contributed by atoms with E-state index in [4.69, 9.17) is 5.73 Å². The van der Waals surface area contributed by atoms with Crippen LogP contribution >= 0.6 is 0 Å². The van der Waals surface area contributed by atoms with Crippen LogP contribution in [0.15, 0.2) is 47.7 Å². The summed E-state index contributed by atoms with van der Waals surface area (Å²) in [5.74, 6) is -0.669. The predicted molar refractivity (Wildman–Crippen MR) is 93.9 cm³/mol. The number of carbonyl (C=O) groups excluding carboxylic acids is 1. The molecule has 2 saturated heterocycles. The van der Waals surface area contributed by atoms with Crippen LogP contribution in [-0.4, -0.2) is 46.8 Å². The predicted octanol–water partition coefficient (Wildman–Crippen LogP) is -0.384. The van der Waals surface area contributed by atoms with Crippen molar-refractivity contribution in [3.63, 3.8) is 0 Å². The van der Waals surface area contributed by atoms with E-state index in [2.05, 4.69) is 4.98 Å². The van der Waals surface area contributed by atoms with E-state index in [9.17, 15) is 18.0 Å². The number of hydrogen-bond donors (Lipinski definition) is 1. The second-order valence-corrected chi connectivity index (χ2v) is 8.03. The van der Waals surface area contributed by atoms with Crippen molar-refractivity contribution in [2.45, 2.75) is 24.9 Å². The van der Waals surface area contributed by atoms with Crippen molar-refractivity contribution in [1.29, 1.82) is 0 Å². The highest BCUT2D eigenvalue weighted by Gasteiger charge is 2.55. The molecule has 2 fully saturated rings. The fourth-order valence-corrected chi connectivity index (χ4v) is 5.77. The minimum absolute atomic E-state index is 0.301. The van der Waals surface area contributed by atoms with E-state index in [0.717, 1.165) is 4.31 Å². The number of amides is 1. The van der Waals surface area contributed by atoms with Gasteiger partial charge in [-0.2, -0.15) is 12.7 Å². The van der Waals surface area contributed by atoms with Gasteiger partial charge in [-0.3, -0.25) is 19.1 Å². The Labute approximate surface area is 149 Å². The van der Waals surface area contributed by atoms with Crippen molar-refractivity contribution in [2.24, 2.45) is 5.73 Å². The largest absolute Gasteiger partial charge is 0.368 e. The molecule has 2 aliphatic rings. The lowest BCUT2D eigenvalue weighted by molar-refractivity contribution is -0.119. The maximum atomic E-state index is 12.9. The van der Waals surface area contributed by atoms with Crippen LogP contribution in [0, 0.1) is 0 Å². The van der Waals surface area contributed by atoms with Gasteiger partial charge in [-0.15, -0.1) is 0 Å². The Morgan fingerprint density at radius 2 is 1.88 bits per heavy atom. The van der Waals surface area contributed by atoms with Gasteiger partial charge < -0.3 is 5.73 Å². The molecule has 1 aromatic heterocycles. The van der Waals surface area contributed by atoms with Crippen LogP contribution in [0.4, 0.5) is 5.69 Å². The van der Waals surface area contributed by atoms with Gasteiger partial charge in [-0.25, -0.2) is 4.31 Å². The molecule has 2 N–H and O–H groups in total. The van der Waals surface area contributed by atoms with Crippen LogP contribution in [-0.2, 0) is 15.0 Å². The van der Waals surface area contributed by atoms with Crippen LogP contribution in [0.1, 0.15) is 12.8 Å². The van der Waals surface area contributed by atoms with Crippen molar-refractivity contribution in [2.75, 3.05) is 10.8 Å². The van der Waals surface area contributed by atoms with E-state index in [0.29, 0.717) is 30.8 Å². The second-order valence-electron chi connectivity index (χ2n) is 6.27. The van der Waals surface area contributed by atoms with Gasteiger partial charge in [0.25, 0.3) is 5.56 Å². The molecule has 1 aromatic carbocycles. The SMILES string of the molecule is NC(=O)C1[C@H]2CCCN2S(=O)(=O)N1c1ccc(-n2ccncc2=O)cc1. The zero-order valence-corrected chi connectivity index (χ0v) is 14.5. The molecule has 2 aromatic rings. The van der Waals surface area contributed by atoms with Crippen LogP contribution in [0.3, 0.4) is 0 Å². The number of aromatic nitrogens is 2. The number of nitrogens with two attached hydrogens (primary N) is 1. The molecule has 4 rings (SSSR count). The minimum Gasteiger partial charge on any atom is -0.368 e. The van der Waals surface area contributed by atoms with Gasteiger partial charge in [0.15, 0.2) is 0 Å². The lowest BCUT2D eigenvalue weighted by Gasteiger charge is -2.24. The van der Waals surface area contributed by atoms with Crippen LogP contribution in [0.25, 0.3) is 5.69 Å². The van der Waals surface area contributed by atoms with Gasteiger partial charge in [0.2, 0.25) is 5.91 Å². The summed E-state index contributed by atoms with van der Waals surface area (Å²) in [5, 5.41) is 0. The van der Waals surface area contributed by atoms with Crippen molar-refractivity contribution < 1.29 is 13.2 Å². The summed E-state index contributed by atoms with van der Waals surface area (Å²) in [7, 11) is -3.81. The molecule has 136 valence electrons. The highest BCUT2D eigenvalue weighted by molar-refractivity contribution is 7.90. The standard InChI is InChI=1S/C16H17N5O4S/c17-16(23)15-13-2-1-8-20(13)26(24,25)21(15)12-5-3-11(4-6-12)19-9-7-18-10-14(19)22/h3-7,9-10,13,15H,1-2,8H2,(H2,17,23)/t13-,15?/m1/s1. The number of primary amides is 1. The molecule has 10 heteroatoms. The summed E-state index contributed by atoms with van der Waals surface area (Å²) in [6, 6.07) is 5.01. The Bertz CT molecular complexity index is 1020. The Kier molecular flexibility index (Phi) is 3.81. The average Bonchev–Trinajstić information content (AvgIpc) is 3.17. The molecule has 1 unspecified atom stereocenters. The van der Waals surface area contributed by atoms with E-state index < -0.39 is 28.2 Å². The van der Waals surface area contributed by atoms with E-state index in [1.165, 1.54) is 27.5 Å². The van der Waals surface area contributed by atoms with E-state index in [-0.39, 0.29) is 5.56 Å². The lowest BCUT2D eigenvalue weighted by Crippen LogP contribution is -2.46. The normalized spacial score (nSPS) is 24.5. The van der Waals surface area contributed by atoms with E-state index in [1.807, 2.05) is 0 Å². The molecule has 2 atom stereocenters. The number of benzene rings is 1. The molecule has 0 bridgehead atoms. The third kappa shape index (κ3) is 2.41. The summed E-state index contributed by atoms with van der Waals surface area (Å²) in [5.41, 5.74) is 6.12. The number of carbonyl (C=O) groups is 1. The molecule has 2 aliphatic heterocycles. The van der Waals surface area contributed by atoms with Gasteiger partial charge in [0.05, 0.1) is 17.9 Å². The van der Waals surface area contributed by atoms with Gasteiger partial charge >= 0.3 is 10.2 Å². The minimum atomic E-state index is -3.81. The molecule has 3 heterocycles. The first-order chi connectivity index (χ1) is 12.4. The first kappa shape index (κ1) is 16.7. The highest BCUT2D eigenvalue weighted by Crippen LogP contribution is 2.39. The van der Waals surface area contributed by atoms with Crippen molar-refractivity contribution in [3.8, 4) is 5.69 Å². The number of anilines is 1. The average molecular weight is 375 g/mol. The maximum Gasteiger partial charge on any atom is 0.305 e. The summed E-state index contributed by atoms with van der Waals surface area (Å²) >= 11 is 0. The van der Waals surface area contributed by atoms with E-state index in [1.54, 1.807) is 24.3 Å². The molecular formula is C16H17N5O4S. The smallest absolute Gasteiger partial charge is 0.305 e. The third-order valence-corrected chi connectivity index (χ3v) is 6.79. The molecule has 0 spiro atoms. The number of rotatable bonds is 3. The zero-order valence-electron chi connectivity index (χ0n) is 13.7. The first-order valence-electron chi connectivity index (χ1n) is 8.15. The van der Waals surface area contributed by atoms with Crippen molar-refractivity contribution in [3.05, 3.63) is 53.2 Å². The quantitative estimate of drug-likeness (QED) is 0.784. The molecule has 9 nitrogen and oxygen atoms in total. The zero-order chi connectivity index (χ0) is 18.5. The Balaban J connectivity index is 1.76. The lowest BCUT2D eigenvalue weighted by atomic mass is 10.1. The van der Waals surface area contributed by atoms with Crippen molar-refractivity contribution in [1.82, 2.24) is 13.9 Å². The second kappa shape index (κ2) is 5.92. The van der Waals surface area contributed by atoms with Gasteiger partial charge in [0.1, 0.15) is 6.04 Å². The van der Waals surface area contributed by atoms with Gasteiger partial charge in [0, 0.05) is 24.6 Å². The Morgan fingerprint density at radius 1 is 1.19 bits per heavy atom. The summed E-state index contributed by atoms with van der Waals surface area (Å²) in [6.45, 7) is 0.387. The van der Waals surface area contributed by atoms with Crippen LogP contribution < -0.4 is 15.6 Å². The van der Waals surface area contributed by atoms with Crippen LogP contribution in [0.2, 0.25) is 0 Å². The van der Waals surface area contributed by atoms with Crippen LogP contribution in [0.5, 0.6) is 0 Å². The first-order valence-corrected chi connectivity index (χ1v) is 9.54. The molecular weight excluding hydrogens is 358 g/mol. The summed E-state index contributed by atoms with van der Waals surface area (Å²) < 4.78 is 29.6. The van der Waals surface area contributed by atoms with Gasteiger partial charge in [-0.1, -0.05) is 0 Å². The fraction of sp³-hybridized carbons (Fsp3) is 0.312. The highest BCUT2D eigenvalue weighted by atomic mass is 32.2. The monoisotopic (exact) mass is 375 g/mol. The Morgan fingerprint density at radius 3 is 2.54 bits per heavy atom. The summed E-state index contributed by atoms with van der Waals surface area (Å²) in [4.78, 5) is 27.6. The number of hydrogen-bond acceptors (Lipinski definition) is 5. The number of fused-ring (bicyclic) bond motifs is 1. The third-order valence-electron chi connectivity index (χ3n) is 4.81. The number of nitrogens with zero attached hydrogens (tertiary/aromatic N) is 4. The topological polar surface area (TPSA) is 119 Å².